The second-order valence-electron chi connectivity index (χ2n) is 5.43. The maximum absolute atomic E-state index is 12.2. The Morgan fingerprint density at radius 1 is 1.03 bits per heavy atom. The van der Waals surface area contributed by atoms with Gasteiger partial charge in [-0.25, -0.2) is 0 Å². The Bertz CT molecular complexity index is 1000. The molecule has 2 aromatic carbocycles. The normalized spacial score (nSPS) is 9.90. The zero-order chi connectivity index (χ0) is 22.3. The molecule has 2 amide bonds. The van der Waals surface area contributed by atoms with Crippen molar-refractivity contribution in [2.45, 2.75) is 0 Å². The predicted octanol–water partition coefficient (Wildman–Crippen LogP) is 1.87. The van der Waals surface area contributed by atoms with E-state index in [4.69, 9.17) is 28.6 Å². The molecule has 0 saturated carbocycles. The van der Waals surface area contributed by atoms with Gasteiger partial charge in [-0.05, 0) is 24.4 Å². The fraction of sp³-hybridized carbons (Fsp3) is 0.0625. The Balaban J connectivity index is 1.91. The van der Waals surface area contributed by atoms with E-state index in [0.717, 1.165) is 12.1 Å². The van der Waals surface area contributed by atoms with Gasteiger partial charge in [0.05, 0.1) is 26.5 Å². The largest absolute Gasteiger partial charge is 0.482 e. The quantitative estimate of drug-likeness (QED) is 0.336. The second kappa shape index (κ2) is 10.1. The van der Waals surface area contributed by atoms with Gasteiger partial charge in [-0.2, -0.15) is 0 Å². The first-order valence-electron chi connectivity index (χ1n) is 7.88. The summed E-state index contributed by atoms with van der Waals surface area (Å²) in [7, 11) is 0. The number of nitrogens with one attached hydrogen (secondary N) is 3. The number of ether oxygens (including phenoxy) is 1. The summed E-state index contributed by atoms with van der Waals surface area (Å²) in [5.74, 6) is -1.32. The maximum Gasteiger partial charge on any atom is 0.277 e. The number of carbonyl (C=O) groups is 2. The number of hydrogen-bond donors (Lipinski definition) is 3. The van der Waals surface area contributed by atoms with Crippen LogP contribution in [0.3, 0.4) is 0 Å². The molecule has 0 radical (unpaired) electrons. The van der Waals surface area contributed by atoms with Gasteiger partial charge in [-0.15, -0.1) is 0 Å². The number of hydrogen-bond acceptors (Lipinski definition) is 8. The number of benzene rings is 2. The minimum atomic E-state index is -0.958. The van der Waals surface area contributed by atoms with Crippen LogP contribution in [-0.4, -0.2) is 33.4 Å². The van der Waals surface area contributed by atoms with E-state index in [0.29, 0.717) is 11.1 Å². The summed E-state index contributed by atoms with van der Waals surface area (Å²) in [5, 5.41) is 23.8. The van der Waals surface area contributed by atoms with Gasteiger partial charge in [-0.1, -0.05) is 23.7 Å². The number of thiocarbonyl (C=S) groups is 1. The van der Waals surface area contributed by atoms with Gasteiger partial charge < -0.3 is 4.74 Å². The van der Waals surface area contributed by atoms with Crippen molar-refractivity contribution in [1.82, 2.24) is 16.2 Å². The predicted molar refractivity (Wildman–Crippen MR) is 108 cm³/mol. The van der Waals surface area contributed by atoms with Crippen molar-refractivity contribution in [3.05, 3.63) is 73.3 Å². The Morgan fingerprint density at radius 2 is 1.63 bits per heavy atom. The van der Waals surface area contributed by atoms with Crippen LogP contribution in [0.25, 0.3) is 0 Å². The van der Waals surface area contributed by atoms with Crippen molar-refractivity contribution >= 4 is 52.1 Å². The first kappa shape index (κ1) is 22.4. The smallest absolute Gasteiger partial charge is 0.277 e. The standard InChI is InChI=1S/C16H12ClN5O7S/c17-12-3-1-2-4-13(12)29-8-14(23)19-20-16(30)18-15(24)9-5-10(21(25)26)7-11(6-9)22(27)28/h1-7H,8H2,(H,19,23)(H2,18,20,24,30). The molecule has 0 atom stereocenters. The van der Waals surface area contributed by atoms with Crippen LogP contribution in [0.4, 0.5) is 11.4 Å². The lowest BCUT2D eigenvalue weighted by molar-refractivity contribution is -0.394. The molecule has 2 aromatic rings. The highest BCUT2D eigenvalue weighted by molar-refractivity contribution is 7.80. The summed E-state index contributed by atoms with van der Waals surface area (Å²) in [5.41, 5.74) is 2.74. The van der Waals surface area contributed by atoms with Crippen molar-refractivity contribution in [2.24, 2.45) is 0 Å². The number of nitro groups is 2. The average Bonchev–Trinajstić information content (AvgIpc) is 2.71. The zero-order valence-electron chi connectivity index (χ0n) is 14.8. The highest BCUT2D eigenvalue weighted by Crippen LogP contribution is 2.23. The molecule has 0 aliphatic heterocycles. The van der Waals surface area contributed by atoms with Crippen molar-refractivity contribution in [2.75, 3.05) is 6.61 Å². The van der Waals surface area contributed by atoms with Crippen LogP contribution in [-0.2, 0) is 4.79 Å². The summed E-state index contributed by atoms with van der Waals surface area (Å²) < 4.78 is 5.21. The number of para-hydroxylation sites is 1. The van der Waals surface area contributed by atoms with Gasteiger partial charge in [0.25, 0.3) is 23.2 Å². The molecule has 0 aliphatic carbocycles. The van der Waals surface area contributed by atoms with Crippen LogP contribution >= 0.6 is 23.8 Å². The fourth-order valence-electron chi connectivity index (χ4n) is 2.01. The number of halogens is 1. The minimum absolute atomic E-state index is 0.289. The van der Waals surface area contributed by atoms with E-state index < -0.39 is 39.6 Å². The number of amides is 2. The van der Waals surface area contributed by atoms with Gasteiger partial charge in [0.1, 0.15) is 5.75 Å². The van der Waals surface area contributed by atoms with E-state index in [1.165, 1.54) is 0 Å². The maximum atomic E-state index is 12.2. The Kier molecular flexibility index (Phi) is 7.55. The van der Waals surface area contributed by atoms with E-state index in [1.54, 1.807) is 24.3 Å². The van der Waals surface area contributed by atoms with Gasteiger partial charge >= 0.3 is 0 Å². The van der Waals surface area contributed by atoms with Crippen LogP contribution < -0.4 is 20.9 Å². The average molecular weight is 454 g/mol. The van der Waals surface area contributed by atoms with E-state index in [1.807, 2.05) is 0 Å². The van der Waals surface area contributed by atoms with Crippen LogP contribution in [0, 0.1) is 20.2 Å². The lowest BCUT2D eigenvalue weighted by Gasteiger charge is -2.12. The third-order valence-electron chi connectivity index (χ3n) is 3.32. The van der Waals surface area contributed by atoms with Gasteiger partial charge in [0, 0.05) is 12.1 Å². The molecule has 0 saturated heterocycles. The van der Waals surface area contributed by atoms with Crippen molar-refractivity contribution in [3.63, 3.8) is 0 Å². The molecule has 0 bridgehead atoms. The first-order chi connectivity index (χ1) is 14.2. The molecule has 14 heteroatoms. The number of hydrazine groups is 1. The topological polar surface area (TPSA) is 166 Å². The molecule has 0 spiro atoms. The molecule has 156 valence electrons. The van der Waals surface area contributed by atoms with Crippen LogP contribution in [0.1, 0.15) is 10.4 Å². The third-order valence-corrected chi connectivity index (χ3v) is 3.84. The first-order valence-corrected chi connectivity index (χ1v) is 8.67. The molecular weight excluding hydrogens is 442 g/mol. The molecule has 0 aromatic heterocycles. The fourth-order valence-corrected chi connectivity index (χ4v) is 2.35. The molecule has 0 fully saturated rings. The number of nitro benzene ring substituents is 2. The lowest BCUT2D eigenvalue weighted by Crippen LogP contribution is -2.49. The van der Waals surface area contributed by atoms with Gasteiger partial charge in [-0.3, -0.25) is 46.0 Å². The third kappa shape index (κ3) is 6.35. The number of rotatable bonds is 6. The van der Waals surface area contributed by atoms with E-state index in [9.17, 15) is 29.8 Å². The SMILES string of the molecule is O=C(COc1ccccc1Cl)NNC(=S)NC(=O)c1cc([N+](=O)[O-])cc([N+](=O)[O-])c1. The molecule has 3 N–H and O–H groups in total. The van der Waals surface area contributed by atoms with Crippen molar-refractivity contribution in [1.29, 1.82) is 0 Å². The molecular formula is C16H12ClN5O7S. The molecule has 2 rings (SSSR count). The van der Waals surface area contributed by atoms with Gasteiger partial charge in [0.2, 0.25) is 0 Å². The molecule has 0 heterocycles. The summed E-state index contributed by atoms with van der Waals surface area (Å²) in [6, 6.07) is 8.91. The van der Waals surface area contributed by atoms with E-state index in [2.05, 4.69) is 16.2 Å². The molecule has 12 nitrogen and oxygen atoms in total. The molecule has 0 aliphatic rings. The summed E-state index contributed by atoms with van der Waals surface area (Å²) in [6.07, 6.45) is 0. The Hall–Kier alpha value is -3.84. The number of carbonyl (C=O) groups excluding carboxylic acids is 2. The Labute approximate surface area is 178 Å². The monoisotopic (exact) mass is 453 g/mol. The van der Waals surface area contributed by atoms with E-state index in [-0.39, 0.29) is 16.4 Å². The van der Waals surface area contributed by atoms with Crippen LogP contribution in [0.15, 0.2) is 42.5 Å². The van der Waals surface area contributed by atoms with Gasteiger partial charge in [0.15, 0.2) is 11.7 Å². The van der Waals surface area contributed by atoms with Crippen LogP contribution in [0.2, 0.25) is 5.02 Å². The molecule has 0 unspecified atom stereocenters. The summed E-state index contributed by atoms with van der Waals surface area (Å²) >= 11 is 10.7. The highest BCUT2D eigenvalue weighted by atomic mass is 35.5. The minimum Gasteiger partial charge on any atom is -0.482 e. The lowest BCUT2D eigenvalue weighted by atomic mass is 10.1. The summed E-state index contributed by atoms with van der Waals surface area (Å²) in [6.45, 7) is -0.412. The number of nitrogens with zero attached hydrogens (tertiary/aromatic N) is 2. The molecule has 30 heavy (non-hydrogen) atoms. The highest BCUT2D eigenvalue weighted by Gasteiger charge is 2.20. The van der Waals surface area contributed by atoms with Crippen molar-refractivity contribution < 1.29 is 24.2 Å². The number of non-ortho nitro benzene ring substituents is 2. The van der Waals surface area contributed by atoms with E-state index >= 15 is 0 Å². The second-order valence-corrected chi connectivity index (χ2v) is 6.24. The van der Waals surface area contributed by atoms with Crippen molar-refractivity contribution in [3.8, 4) is 5.75 Å². The Morgan fingerprint density at radius 3 is 2.20 bits per heavy atom. The summed E-state index contributed by atoms with van der Waals surface area (Å²) in [4.78, 5) is 43.9. The zero-order valence-corrected chi connectivity index (χ0v) is 16.4. The van der Waals surface area contributed by atoms with Crippen LogP contribution in [0.5, 0.6) is 5.75 Å².